The zero-order chi connectivity index (χ0) is 12.7. The van der Waals surface area contributed by atoms with Crippen molar-refractivity contribution in [3.8, 4) is 0 Å². The van der Waals surface area contributed by atoms with Gasteiger partial charge >= 0.3 is 0 Å². The Kier molecular flexibility index (Phi) is 2.33. The average Bonchev–Trinajstić information content (AvgIpc) is 2.80. The molecule has 3 rings (SSSR count). The molecule has 0 saturated carbocycles. The Balaban J connectivity index is 2.04. The second-order valence-electron chi connectivity index (χ2n) is 4.37. The molecule has 1 atom stereocenters. The number of pyridine rings is 1. The van der Waals surface area contributed by atoms with Crippen molar-refractivity contribution in [1.82, 2.24) is 10.3 Å². The highest BCUT2D eigenvalue weighted by molar-refractivity contribution is 6.02. The zero-order valence-corrected chi connectivity index (χ0v) is 10.2. The van der Waals surface area contributed by atoms with Crippen LogP contribution in [0.3, 0.4) is 0 Å². The number of carbonyl (C=O) groups is 1. The fourth-order valence-electron chi connectivity index (χ4n) is 2.20. The molecule has 2 N–H and O–H groups in total. The second-order valence-corrected chi connectivity index (χ2v) is 4.37. The van der Waals surface area contributed by atoms with E-state index in [4.69, 9.17) is 4.42 Å². The number of nitrogens with zero attached hydrogens (tertiary/aromatic N) is 1. The van der Waals surface area contributed by atoms with Crippen LogP contribution >= 0.6 is 0 Å². The highest BCUT2D eigenvalue weighted by Gasteiger charge is 2.28. The topological polar surface area (TPSA) is 67.2 Å². The molecule has 18 heavy (non-hydrogen) atoms. The lowest BCUT2D eigenvalue weighted by Gasteiger charge is -2.26. The number of aromatic nitrogens is 1. The van der Waals surface area contributed by atoms with Gasteiger partial charge in [-0.25, -0.2) is 4.98 Å². The first-order chi connectivity index (χ1) is 8.65. The highest BCUT2D eigenvalue weighted by atomic mass is 16.3. The first-order valence-corrected chi connectivity index (χ1v) is 5.74. The van der Waals surface area contributed by atoms with Crippen LogP contribution in [0.25, 0.3) is 0 Å². The smallest absolute Gasteiger partial charge is 0.257 e. The molecule has 5 nitrogen and oxygen atoms in total. The SMILES string of the molecule is Cc1cc(C)c2c(n1)NC(c1ccco1)NC2=O. The number of nitrogens with one attached hydrogen (secondary N) is 2. The molecule has 1 aliphatic heterocycles. The first kappa shape index (κ1) is 10.8. The molecule has 1 amide bonds. The van der Waals surface area contributed by atoms with Crippen LogP contribution < -0.4 is 10.6 Å². The Hall–Kier alpha value is -2.30. The largest absolute Gasteiger partial charge is 0.465 e. The number of hydrogen-bond donors (Lipinski definition) is 2. The summed E-state index contributed by atoms with van der Waals surface area (Å²) in [5, 5.41) is 6.03. The van der Waals surface area contributed by atoms with Crippen LogP contribution in [0.4, 0.5) is 5.82 Å². The summed E-state index contributed by atoms with van der Waals surface area (Å²) >= 11 is 0. The summed E-state index contributed by atoms with van der Waals surface area (Å²) in [6.45, 7) is 3.81. The Morgan fingerprint density at radius 3 is 2.89 bits per heavy atom. The molecule has 0 bridgehead atoms. The molecule has 3 heterocycles. The summed E-state index contributed by atoms with van der Waals surface area (Å²) in [5.74, 6) is 1.14. The van der Waals surface area contributed by atoms with Crippen LogP contribution in [0.15, 0.2) is 28.9 Å². The molecular formula is C13H13N3O2. The molecule has 0 fully saturated rings. The molecule has 0 saturated heterocycles. The van der Waals surface area contributed by atoms with Crippen LogP contribution in [0.1, 0.15) is 33.5 Å². The molecule has 1 aliphatic rings. The minimum absolute atomic E-state index is 0.129. The number of furan rings is 1. The average molecular weight is 243 g/mol. The van der Waals surface area contributed by atoms with E-state index in [1.54, 1.807) is 12.3 Å². The molecule has 0 radical (unpaired) electrons. The molecule has 2 aromatic heterocycles. The van der Waals surface area contributed by atoms with E-state index >= 15 is 0 Å². The van der Waals surface area contributed by atoms with Crippen molar-refractivity contribution < 1.29 is 9.21 Å². The van der Waals surface area contributed by atoms with Crippen molar-refractivity contribution in [2.24, 2.45) is 0 Å². The predicted molar refractivity (Wildman–Crippen MR) is 66.2 cm³/mol. The van der Waals surface area contributed by atoms with Crippen molar-refractivity contribution in [2.45, 2.75) is 20.0 Å². The van der Waals surface area contributed by atoms with Gasteiger partial charge < -0.3 is 15.1 Å². The van der Waals surface area contributed by atoms with Crippen molar-refractivity contribution in [2.75, 3.05) is 5.32 Å². The van der Waals surface area contributed by atoms with Crippen LogP contribution in [-0.2, 0) is 0 Å². The second kappa shape index (κ2) is 3.87. The maximum absolute atomic E-state index is 12.1. The fourth-order valence-corrected chi connectivity index (χ4v) is 2.20. The maximum Gasteiger partial charge on any atom is 0.257 e. The minimum Gasteiger partial charge on any atom is -0.465 e. The summed E-state index contributed by atoms with van der Waals surface area (Å²) in [4.78, 5) is 16.5. The number of anilines is 1. The summed E-state index contributed by atoms with van der Waals surface area (Å²) < 4.78 is 5.29. The molecule has 0 aliphatic carbocycles. The van der Waals surface area contributed by atoms with Crippen LogP contribution in [-0.4, -0.2) is 10.9 Å². The number of aryl methyl sites for hydroxylation is 2. The molecule has 2 aromatic rings. The summed E-state index contributed by atoms with van der Waals surface area (Å²) in [6.07, 6.45) is 1.21. The third-order valence-corrected chi connectivity index (χ3v) is 2.96. The van der Waals surface area contributed by atoms with Crippen molar-refractivity contribution >= 4 is 11.7 Å². The fraction of sp³-hybridized carbons (Fsp3) is 0.231. The van der Waals surface area contributed by atoms with E-state index in [0.29, 0.717) is 17.1 Å². The summed E-state index contributed by atoms with van der Waals surface area (Å²) in [7, 11) is 0. The van der Waals surface area contributed by atoms with Gasteiger partial charge in [-0.3, -0.25) is 4.79 Å². The summed E-state index contributed by atoms with van der Waals surface area (Å²) in [5.41, 5.74) is 2.40. The van der Waals surface area contributed by atoms with Crippen molar-refractivity contribution in [3.05, 3.63) is 47.0 Å². The van der Waals surface area contributed by atoms with Crippen LogP contribution in [0.5, 0.6) is 0 Å². The molecule has 92 valence electrons. The van der Waals surface area contributed by atoms with Crippen molar-refractivity contribution in [3.63, 3.8) is 0 Å². The summed E-state index contributed by atoms with van der Waals surface area (Å²) in [6, 6.07) is 5.49. The van der Waals surface area contributed by atoms with Crippen molar-refractivity contribution in [1.29, 1.82) is 0 Å². The Labute approximate surface area is 104 Å². The lowest BCUT2D eigenvalue weighted by Crippen LogP contribution is -2.39. The van der Waals surface area contributed by atoms with E-state index in [-0.39, 0.29) is 12.1 Å². The van der Waals surface area contributed by atoms with E-state index in [2.05, 4.69) is 15.6 Å². The van der Waals surface area contributed by atoms with Gasteiger partial charge in [-0.05, 0) is 37.6 Å². The number of rotatable bonds is 1. The van der Waals surface area contributed by atoms with Gasteiger partial charge in [0, 0.05) is 5.69 Å². The standard InChI is InChI=1S/C13H13N3O2/c1-7-6-8(2)14-12-10(7)13(17)16-11(15-12)9-4-3-5-18-9/h3-6,11H,1-2H3,(H,14,15)(H,16,17). The van der Waals surface area contributed by atoms with E-state index in [1.807, 2.05) is 26.0 Å². The third kappa shape index (κ3) is 1.64. The predicted octanol–water partition coefficient (Wildman–Crippen LogP) is 2.15. The van der Waals surface area contributed by atoms with Gasteiger partial charge in [-0.2, -0.15) is 0 Å². The Morgan fingerprint density at radius 2 is 2.17 bits per heavy atom. The monoisotopic (exact) mass is 243 g/mol. The maximum atomic E-state index is 12.1. The van der Waals surface area contributed by atoms with Gasteiger partial charge in [0.15, 0.2) is 6.17 Å². The number of amides is 1. The molecule has 1 unspecified atom stereocenters. The van der Waals surface area contributed by atoms with E-state index < -0.39 is 0 Å². The molecular weight excluding hydrogens is 230 g/mol. The van der Waals surface area contributed by atoms with Gasteiger partial charge in [0.05, 0.1) is 11.8 Å². The Morgan fingerprint density at radius 1 is 1.33 bits per heavy atom. The van der Waals surface area contributed by atoms with Crippen LogP contribution in [0.2, 0.25) is 0 Å². The number of hydrogen-bond acceptors (Lipinski definition) is 4. The van der Waals surface area contributed by atoms with Gasteiger partial charge in [-0.15, -0.1) is 0 Å². The quantitative estimate of drug-likeness (QED) is 0.805. The van der Waals surface area contributed by atoms with Gasteiger partial charge in [0.2, 0.25) is 0 Å². The lowest BCUT2D eigenvalue weighted by atomic mass is 10.1. The molecule has 5 heteroatoms. The third-order valence-electron chi connectivity index (χ3n) is 2.96. The normalized spacial score (nSPS) is 17.9. The van der Waals surface area contributed by atoms with E-state index in [9.17, 15) is 4.79 Å². The van der Waals surface area contributed by atoms with Gasteiger partial charge in [0.1, 0.15) is 11.6 Å². The van der Waals surface area contributed by atoms with Crippen LogP contribution in [0, 0.1) is 13.8 Å². The van der Waals surface area contributed by atoms with E-state index in [0.717, 1.165) is 11.3 Å². The zero-order valence-electron chi connectivity index (χ0n) is 10.2. The first-order valence-electron chi connectivity index (χ1n) is 5.74. The van der Waals surface area contributed by atoms with Gasteiger partial charge in [-0.1, -0.05) is 0 Å². The van der Waals surface area contributed by atoms with Gasteiger partial charge in [0.25, 0.3) is 5.91 Å². The van der Waals surface area contributed by atoms with E-state index in [1.165, 1.54) is 0 Å². The number of fused-ring (bicyclic) bond motifs is 1. The molecule has 0 spiro atoms. The molecule has 0 aromatic carbocycles. The Bertz CT molecular complexity index is 605. The minimum atomic E-state index is -0.367. The number of carbonyl (C=O) groups excluding carboxylic acids is 1. The highest BCUT2D eigenvalue weighted by Crippen LogP contribution is 2.27. The lowest BCUT2D eigenvalue weighted by molar-refractivity contribution is 0.0929.